The van der Waals surface area contributed by atoms with Crippen molar-refractivity contribution < 1.29 is 4.79 Å². The molecule has 1 amide bonds. The van der Waals surface area contributed by atoms with E-state index in [0.717, 1.165) is 29.1 Å². The summed E-state index contributed by atoms with van der Waals surface area (Å²) >= 11 is 6.26. The number of carbonyl (C=O) groups excluding carboxylic acids is 1. The Bertz CT molecular complexity index is 672. The third-order valence-corrected chi connectivity index (χ3v) is 3.96. The van der Waals surface area contributed by atoms with Crippen LogP contribution in [0.1, 0.15) is 36.7 Å². The van der Waals surface area contributed by atoms with E-state index < -0.39 is 0 Å². The molecule has 3 rings (SSSR count). The van der Waals surface area contributed by atoms with Gasteiger partial charge >= 0.3 is 0 Å². The molecular weight excluding hydrogens is 278 g/mol. The van der Waals surface area contributed by atoms with Crippen LogP contribution in [0.4, 0.5) is 0 Å². The Kier molecular flexibility index (Phi) is 3.20. The second kappa shape index (κ2) is 4.77. The molecule has 0 aliphatic carbocycles. The van der Waals surface area contributed by atoms with Gasteiger partial charge in [0, 0.05) is 26.1 Å². The zero-order valence-corrected chi connectivity index (χ0v) is 12.6. The number of aryl methyl sites for hydroxylation is 2. The smallest absolute Gasteiger partial charge is 0.220 e. The van der Waals surface area contributed by atoms with Gasteiger partial charge in [-0.2, -0.15) is 5.10 Å². The first-order valence-electron chi connectivity index (χ1n) is 6.80. The maximum atomic E-state index is 11.4. The number of carbonyl (C=O) groups is 1. The molecule has 2 aromatic rings. The van der Waals surface area contributed by atoms with Gasteiger partial charge in [-0.25, -0.2) is 4.98 Å². The molecule has 1 aliphatic heterocycles. The number of aromatic nitrogens is 4. The van der Waals surface area contributed by atoms with Crippen molar-refractivity contribution in [3.8, 4) is 0 Å². The van der Waals surface area contributed by atoms with Gasteiger partial charge < -0.3 is 9.88 Å². The van der Waals surface area contributed by atoms with Crippen LogP contribution < -0.4 is 5.32 Å². The highest BCUT2D eigenvalue weighted by Crippen LogP contribution is 2.27. The summed E-state index contributed by atoms with van der Waals surface area (Å²) in [6.07, 6.45) is 1.45. The van der Waals surface area contributed by atoms with Crippen molar-refractivity contribution in [3.63, 3.8) is 0 Å². The Balaban J connectivity index is 2.06. The fraction of sp³-hybridized carbons (Fsp3) is 0.615. The van der Waals surface area contributed by atoms with E-state index in [-0.39, 0.29) is 17.3 Å². The zero-order chi connectivity index (χ0) is 14.4. The molecule has 7 heteroatoms. The normalized spacial score (nSPS) is 20.6. The number of hydrogen-bond acceptors (Lipinski definition) is 3. The van der Waals surface area contributed by atoms with Crippen LogP contribution in [-0.2, 0) is 18.4 Å². The average molecular weight is 296 g/mol. The van der Waals surface area contributed by atoms with Crippen LogP contribution in [0.25, 0.3) is 11.2 Å². The summed E-state index contributed by atoms with van der Waals surface area (Å²) in [6.45, 7) is 4.54. The second-order valence-corrected chi connectivity index (χ2v) is 6.04. The molecule has 3 heterocycles. The number of nitrogens with zero attached hydrogens (tertiary/aromatic N) is 4. The van der Waals surface area contributed by atoms with Gasteiger partial charge in [0.2, 0.25) is 5.91 Å². The summed E-state index contributed by atoms with van der Waals surface area (Å²) in [5.74, 6) is 0.951. The first-order valence-corrected chi connectivity index (χ1v) is 7.24. The van der Waals surface area contributed by atoms with Crippen LogP contribution in [0.5, 0.6) is 0 Å². The van der Waals surface area contributed by atoms with Crippen LogP contribution in [0, 0.1) is 6.92 Å². The molecule has 1 saturated heterocycles. The van der Waals surface area contributed by atoms with Gasteiger partial charge in [-0.05, 0) is 20.3 Å². The minimum absolute atomic E-state index is 0.119. The van der Waals surface area contributed by atoms with Crippen molar-refractivity contribution in [2.75, 3.05) is 0 Å². The molecule has 2 aromatic heterocycles. The SMILES string of the molecule is Cc1nn(C)c2c1nc(C(C)Cl)n2CC1CCC(=O)N1. The quantitative estimate of drug-likeness (QED) is 0.876. The predicted molar refractivity (Wildman–Crippen MR) is 76.7 cm³/mol. The second-order valence-electron chi connectivity index (χ2n) is 5.38. The van der Waals surface area contributed by atoms with E-state index in [1.807, 2.05) is 25.6 Å². The molecule has 6 nitrogen and oxygen atoms in total. The molecule has 2 atom stereocenters. The molecule has 0 spiro atoms. The number of alkyl halides is 1. The van der Waals surface area contributed by atoms with Gasteiger partial charge in [0.05, 0.1) is 11.1 Å². The first-order chi connectivity index (χ1) is 9.47. The lowest BCUT2D eigenvalue weighted by Gasteiger charge is -2.15. The highest BCUT2D eigenvalue weighted by molar-refractivity contribution is 6.20. The number of halogens is 1. The molecule has 2 unspecified atom stereocenters. The monoisotopic (exact) mass is 295 g/mol. The van der Waals surface area contributed by atoms with Crippen LogP contribution in [-0.4, -0.2) is 31.3 Å². The van der Waals surface area contributed by atoms with E-state index in [4.69, 9.17) is 11.6 Å². The van der Waals surface area contributed by atoms with Crippen LogP contribution in [0.2, 0.25) is 0 Å². The van der Waals surface area contributed by atoms with Crippen LogP contribution >= 0.6 is 11.6 Å². The van der Waals surface area contributed by atoms with Crippen molar-refractivity contribution in [2.24, 2.45) is 7.05 Å². The van der Waals surface area contributed by atoms with E-state index in [0.29, 0.717) is 13.0 Å². The highest BCUT2D eigenvalue weighted by atomic mass is 35.5. The Hall–Kier alpha value is -1.56. The lowest BCUT2D eigenvalue weighted by molar-refractivity contribution is -0.119. The van der Waals surface area contributed by atoms with Crippen LogP contribution in [0.15, 0.2) is 0 Å². The van der Waals surface area contributed by atoms with E-state index in [1.165, 1.54) is 0 Å². The van der Waals surface area contributed by atoms with E-state index in [9.17, 15) is 4.79 Å². The summed E-state index contributed by atoms with van der Waals surface area (Å²) < 4.78 is 3.92. The molecule has 108 valence electrons. The zero-order valence-electron chi connectivity index (χ0n) is 11.9. The fourth-order valence-corrected chi connectivity index (χ4v) is 3.04. The van der Waals surface area contributed by atoms with E-state index in [2.05, 4.69) is 20.0 Å². The minimum atomic E-state index is -0.182. The minimum Gasteiger partial charge on any atom is -0.352 e. The Morgan fingerprint density at radius 3 is 2.90 bits per heavy atom. The van der Waals surface area contributed by atoms with E-state index in [1.54, 1.807) is 0 Å². The summed E-state index contributed by atoms with van der Waals surface area (Å²) in [5.41, 5.74) is 2.75. The number of fused-ring (bicyclic) bond motifs is 1. The van der Waals surface area contributed by atoms with Crippen molar-refractivity contribution in [1.29, 1.82) is 0 Å². The fourth-order valence-electron chi connectivity index (χ4n) is 2.87. The lowest BCUT2D eigenvalue weighted by Crippen LogP contribution is -2.30. The molecule has 0 saturated carbocycles. The van der Waals surface area contributed by atoms with Crippen molar-refractivity contribution in [1.82, 2.24) is 24.6 Å². The van der Waals surface area contributed by atoms with Crippen molar-refractivity contribution >= 4 is 28.7 Å². The number of hydrogen-bond donors (Lipinski definition) is 1. The molecule has 0 aromatic carbocycles. The number of nitrogens with one attached hydrogen (secondary N) is 1. The molecule has 20 heavy (non-hydrogen) atoms. The summed E-state index contributed by atoms with van der Waals surface area (Å²) in [6, 6.07) is 0.143. The Morgan fingerprint density at radius 2 is 2.30 bits per heavy atom. The molecular formula is C13H18ClN5O. The van der Waals surface area contributed by atoms with Crippen molar-refractivity contribution in [3.05, 3.63) is 11.5 Å². The number of amides is 1. The van der Waals surface area contributed by atoms with Crippen molar-refractivity contribution in [2.45, 2.75) is 44.7 Å². The van der Waals surface area contributed by atoms with Gasteiger partial charge in [-0.1, -0.05) is 0 Å². The van der Waals surface area contributed by atoms with Gasteiger partial charge in [-0.3, -0.25) is 9.48 Å². The van der Waals surface area contributed by atoms with Gasteiger partial charge in [0.25, 0.3) is 0 Å². The highest BCUT2D eigenvalue weighted by Gasteiger charge is 2.26. The van der Waals surface area contributed by atoms with Gasteiger partial charge in [0.15, 0.2) is 5.65 Å². The lowest BCUT2D eigenvalue weighted by atomic mass is 10.2. The maximum absolute atomic E-state index is 11.4. The van der Waals surface area contributed by atoms with E-state index >= 15 is 0 Å². The molecule has 0 bridgehead atoms. The molecule has 1 N–H and O–H groups in total. The molecule has 0 radical (unpaired) electrons. The largest absolute Gasteiger partial charge is 0.352 e. The standard InChI is InChI=1S/C13H18ClN5O/c1-7(14)12-16-11-8(2)17-18(3)13(11)19(12)6-9-4-5-10(20)15-9/h7,9H,4-6H2,1-3H3,(H,15,20). The Labute approximate surface area is 122 Å². The Morgan fingerprint density at radius 1 is 1.55 bits per heavy atom. The molecule has 1 aliphatic rings. The predicted octanol–water partition coefficient (Wildman–Crippen LogP) is 1.66. The summed E-state index contributed by atoms with van der Waals surface area (Å²) in [4.78, 5) is 16.0. The third-order valence-electron chi connectivity index (χ3n) is 3.76. The maximum Gasteiger partial charge on any atom is 0.220 e. The molecule has 1 fully saturated rings. The summed E-state index contributed by atoms with van der Waals surface area (Å²) in [7, 11) is 1.91. The summed E-state index contributed by atoms with van der Waals surface area (Å²) in [5, 5.41) is 7.21. The third kappa shape index (κ3) is 2.08. The van der Waals surface area contributed by atoms with Gasteiger partial charge in [-0.15, -0.1) is 11.6 Å². The van der Waals surface area contributed by atoms with Crippen LogP contribution in [0.3, 0.4) is 0 Å². The first kappa shape index (κ1) is 13.4. The van der Waals surface area contributed by atoms with Gasteiger partial charge in [0.1, 0.15) is 11.3 Å². The number of imidazole rings is 1. The topological polar surface area (TPSA) is 64.7 Å². The average Bonchev–Trinajstić information content (AvgIpc) is 3.00. The number of rotatable bonds is 3.